The van der Waals surface area contributed by atoms with Crippen molar-refractivity contribution in [3.63, 3.8) is 0 Å². The molecule has 2 atom stereocenters. The number of carbonyl (C=O) groups is 1. The molecule has 0 aromatic heterocycles. The molecule has 0 spiro atoms. The first-order chi connectivity index (χ1) is 12.1. The molecule has 1 heterocycles. The van der Waals surface area contributed by atoms with E-state index in [1.54, 1.807) is 19.2 Å². The van der Waals surface area contributed by atoms with Crippen molar-refractivity contribution in [2.75, 3.05) is 20.2 Å². The molecular formula is C20H23FN2O2. The quantitative estimate of drug-likeness (QED) is 0.877. The van der Waals surface area contributed by atoms with E-state index < -0.39 is 5.82 Å². The Morgan fingerprint density at radius 1 is 1.24 bits per heavy atom. The van der Waals surface area contributed by atoms with E-state index in [0.717, 1.165) is 29.8 Å². The Labute approximate surface area is 147 Å². The van der Waals surface area contributed by atoms with Crippen LogP contribution in [0.2, 0.25) is 0 Å². The Kier molecular flexibility index (Phi) is 5.34. The molecule has 0 bridgehead atoms. The van der Waals surface area contributed by atoms with Gasteiger partial charge in [-0.15, -0.1) is 0 Å². The molecule has 2 unspecified atom stereocenters. The molecule has 2 aromatic rings. The first kappa shape index (κ1) is 17.4. The average Bonchev–Trinajstić information content (AvgIpc) is 3.05. The maximum absolute atomic E-state index is 14.4. The summed E-state index contributed by atoms with van der Waals surface area (Å²) >= 11 is 0. The van der Waals surface area contributed by atoms with E-state index in [1.807, 2.05) is 24.3 Å². The van der Waals surface area contributed by atoms with E-state index in [9.17, 15) is 9.18 Å². The number of amides is 1. The summed E-state index contributed by atoms with van der Waals surface area (Å²) in [7, 11) is 1.60. The number of ether oxygens (including phenoxy) is 1. The summed E-state index contributed by atoms with van der Waals surface area (Å²) in [6, 6.07) is 12.6. The lowest BCUT2D eigenvalue weighted by atomic mass is 10.0. The van der Waals surface area contributed by atoms with E-state index in [1.165, 1.54) is 6.07 Å². The summed E-state index contributed by atoms with van der Waals surface area (Å²) in [6.07, 6.45) is 1.03. The number of hydrogen-bond donors (Lipinski definition) is 2. The van der Waals surface area contributed by atoms with Crippen LogP contribution in [0.25, 0.3) is 11.1 Å². The Morgan fingerprint density at radius 2 is 1.96 bits per heavy atom. The third-order valence-corrected chi connectivity index (χ3v) is 4.63. The molecule has 0 saturated carbocycles. The number of nitrogens with one attached hydrogen (secondary N) is 2. The van der Waals surface area contributed by atoms with Crippen molar-refractivity contribution < 1.29 is 13.9 Å². The van der Waals surface area contributed by atoms with Gasteiger partial charge in [-0.2, -0.15) is 0 Å². The van der Waals surface area contributed by atoms with Gasteiger partial charge in [0.1, 0.15) is 11.6 Å². The van der Waals surface area contributed by atoms with E-state index in [0.29, 0.717) is 18.5 Å². The topological polar surface area (TPSA) is 50.4 Å². The fraction of sp³-hybridized carbons (Fsp3) is 0.350. The third kappa shape index (κ3) is 4.17. The minimum atomic E-state index is -0.510. The van der Waals surface area contributed by atoms with Gasteiger partial charge in [-0.3, -0.25) is 4.79 Å². The summed E-state index contributed by atoms with van der Waals surface area (Å²) in [4.78, 5) is 12.2. The van der Waals surface area contributed by atoms with Gasteiger partial charge in [0.05, 0.1) is 12.7 Å². The van der Waals surface area contributed by atoms with Crippen molar-refractivity contribution in [1.82, 2.24) is 10.6 Å². The highest BCUT2D eigenvalue weighted by molar-refractivity contribution is 5.95. The van der Waals surface area contributed by atoms with Gasteiger partial charge in [-0.25, -0.2) is 4.39 Å². The zero-order valence-electron chi connectivity index (χ0n) is 14.5. The Bertz CT molecular complexity index is 746. The molecular weight excluding hydrogens is 319 g/mol. The minimum Gasteiger partial charge on any atom is -0.497 e. The van der Waals surface area contributed by atoms with Crippen LogP contribution < -0.4 is 15.4 Å². The maximum Gasteiger partial charge on any atom is 0.254 e. The van der Waals surface area contributed by atoms with Crippen molar-refractivity contribution in [3.8, 4) is 16.9 Å². The lowest BCUT2D eigenvalue weighted by Crippen LogP contribution is -2.30. The maximum atomic E-state index is 14.4. The van der Waals surface area contributed by atoms with Gasteiger partial charge in [0, 0.05) is 12.6 Å². The summed E-state index contributed by atoms with van der Waals surface area (Å²) in [5.74, 6) is 0.276. The highest BCUT2D eigenvalue weighted by Gasteiger charge is 2.21. The van der Waals surface area contributed by atoms with Crippen LogP contribution in [-0.2, 0) is 0 Å². The van der Waals surface area contributed by atoms with Crippen LogP contribution in [-0.4, -0.2) is 32.1 Å². The zero-order valence-corrected chi connectivity index (χ0v) is 14.5. The van der Waals surface area contributed by atoms with E-state index in [4.69, 9.17) is 4.74 Å². The van der Waals surface area contributed by atoms with Crippen molar-refractivity contribution >= 4 is 5.91 Å². The van der Waals surface area contributed by atoms with Crippen molar-refractivity contribution in [3.05, 3.63) is 53.8 Å². The Balaban J connectivity index is 1.67. The predicted molar refractivity (Wildman–Crippen MR) is 96.3 cm³/mol. The second-order valence-electron chi connectivity index (χ2n) is 6.54. The largest absolute Gasteiger partial charge is 0.497 e. The van der Waals surface area contributed by atoms with E-state index in [2.05, 4.69) is 17.6 Å². The monoisotopic (exact) mass is 342 g/mol. The summed E-state index contributed by atoms with van der Waals surface area (Å²) in [6.45, 7) is 3.58. The van der Waals surface area contributed by atoms with Crippen LogP contribution >= 0.6 is 0 Å². The van der Waals surface area contributed by atoms with Crippen LogP contribution in [0.4, 0.5) is 4.39 Å². The smallest absolute Gasteiger partial charge is 0.254 e. The number of benzene rings is 2. The van der Waals surface area contributed by atoms with E-state index >= 15 is 0 Å². The van der Waals surface area contributed by atoms with Crippen molar-refractivity contribution in [1.29, 1.82) is 0 Å². The first-order valence-corrected chi connectivity index (χ1v) is 8.52. The van der Waals surface area contributed by atoms with Crippen LogP contribution in [0.3, 0.4) is 0 Å². The third-order valence-electron chi connectivity index (χ3n) is 4.63. The molecule has 1 aliphatic heterocycles. The number of hydrogen-bond acceptors (Lipinski definition) is 3. The van der Waals surface area contributed by atoms with Crippen molar-refractivity contribution in [2.24, 2.45) is 5.92 Å². The van der Waals surface area contributed by atoms with Crippen LogP contribution in [0, 0.1) is 11.7 Å². The average molecular weight is 342 g/mol. The molecule has 0 radical (unpaired) electrons. The molecule has 1 aliphatic rings. The molecule has 1 amide bonds. The molecule has 1 fully saturated rings. The van der Waals surface area contributed by atoms with Gasteiger partial charge >= 0.3 is 0 Å². The second kappa shape index (κ2) is 7.66. The normalized spacial score (nSPS) is 19.6. The van der Waals surface area contributed by atoms with Crippen LogP contribution in [0.15, 0.2) is 42.5 Å². The second-order valence-corrected chi connectivity index (χ2v) is 6.54. The molecule has 132 valence electrons. The fourth-order valence-corrected chi connectivity index (χ4v) is 3.18. The molecule has 2 aromatic carbocycles. The standard InChI is InChI=1S/C20H23FN2O2/c1-13-9-14(11-22-13)12-23-20(24)18-8-5-16(10-19(18)21)15-3-6-17(25-2)7-4-15/h3-8,10,13-14,22H,9,11-12H2,1-2H3,(H,23,24). The minimum absolute atomic E-state index is 0.0799. The number of rotatable bonds is 5. The SMILES string of the molecule is COc1ccc(-c2ccc(C(=O)NCC3CNC(C)C3)c(F)c2)cc1. The first-order valence-electron chi connectivity index (χ1n) is 8.52. The number of carbonyl (C=O) groups excluding carboxylic acids is 1. The molecule has 4 nitrogen and oxygen atoms in total. The predicted octanol–water partition coefficient (Wildman–Crippen LogP) is 3.23. The summed E-state index contributed by atoms with van der Waals surface area (Å²) < 4.78 is 19.5. The van der Waals surface area contributed by atoms with Gasteiger partial charge < -0.3 is 15.4 Å². The molecule has 25 heavy (non-hydrogen) atoms. The van der Waals surface area contributed by atoms with Gasteiger partial charge in [0.15, 0.2) is 0 Å². The Morgan fingerprint density at radius 3 is 2.56 bits per heavy atom. The lowest BCUT2D eigenvalue weighted by molar-refractivity contribution is 0.0944. The van der Waals surface area contributed by atoms with Gasteiger partial charge in [-0.05, 0) is 61.2 Å². The molecule has 0 aliphatic carbocycles. The van der Waals surface area contributed by atoms with Gasteiger partial charge in [-0.1, -0.05) is 18.2 Å². The fourth-order valence-electron chi connectivity index (χ4n) is 3.18. The molecule has 3 rings (SSSR count). The molecule has 2 N–H and O–H groups in total. The highest BCUT2D eigenvalue weighted by Crippen LogP contribution is 2.24. The summed E-state index contributed by atoms with van der Waals surface area (Å²) in [5.41, 5.74) is 1.68. The van der Waals surface area contributed by atoms with Crippen LogP contribution in [0.1, 0.15) is 23.7 Å². The zero-order chi connectivity index (χ0) is 17.8. The highest BCUT2D eigenvalue weighted by atomic mass is 19.1. The van der Waals surface area contributed by atoms with Crippen molar-refractivity contribution in [2.45, 2.75) is 19.4 Å². The lowest BCUT2D eigenvalue weighted by Gasteiger charge is -2.11. The molecule has 1 saturated heterocycles. The van der Waals surface area contributed by atoms with Crippen LogP contribution in [0.5, 0.6) is 5.75 Å². The Hall–Kier alpha value is -2.40. The number of methoxy groups -OCH3 is 1. The number of halogens is 1. The van der Waals surface area contributed by atoms with Gasteiger partial charge in [0.2, 0.25) is 0 Å². The van der Waals surface area contributed by atoms with E-state index in [-0.39, 0.29) is 11.5 Å². The van der Waals surface area contributed by atoms with Gasteiger partial charge in [0.25, 0.3) is 5.91 Å². The molecule has 5 heteroatoms. The summed E-state index contributed by atoms with van der Waals surface area (Å²) in [5, 5.41) is 6.19.